The lowest BCUT2D eigenvalue weighted by molar-refractivity contribution is -0.118. The van der Waals surface area contributed by atoms with Gasteiger partial charge in [0.05, 0.1) is 18.7 Å². The smallest absolute Gasteiger partial charge is 0.305 e. The molecule has 2 aliphatic carbocycles. The van der Waals surface area contributed by atoms with Crippen molar-refractivity contribution in [1.82, 2.24) is 4.98 Å². The third-order valence-electron chi connectivity index (χ3n) is 7.82. The molecule has 9 heteroatoms. The van der Waals surface area contributed by atoms with Crippen LogP contribution in [0.5, 0.6) is 17.2 Å². The molecule has 0 radical (unpaired) electrons. The van der Waals surface area contributed by atoms with E-state index in [1.54, 1.807) is 31.4 Å². The summed E-state index contributed by atoms with van der Waals surface area (Å²) in [4.78, 5) is 29.1. The Balaban J connectivity index is 1.23. The zero-order chi connectivity index (χ0) is 25.5. The Hall–Kier alpha value is -2.91. The molecule has 3 aliphatic rings. The first-order chi connectivity index (χ1) is 18.0. The molecule has 2 N–H and O–H groups in total. The third kappa shape index (κ3) is 4.63. The van der Waals surface area contributed by atoms with Crippen molar-refractivity contribution in [2.45, 2.75) is 42.4 Å². The molecule has 0 spiro atoms. The zero-order valence-corrected chi connectivity index (χ0v) is 22.5. The van der Waals surface area contributed by atoms with Crippen LogP contribution in [-0.4, -0.2) is 36.5 Å². The predicted octanol–water partition coefficient (Wildman–Crippen LogP) is 5.51. The largest absolute Gasteiger partial charge is 0.497 e. The number of thiazole rings is 1. The minimum absolute atomic E-state index is 0.0164. The van der Waals surface area contributed by atoms with Gasteiger partial charge in [-0.2, -0.15) is 0 Å². The number of aromatic nitrogens is 1. The molecule has 3 aromatic rings. The topological polar surface area (TPSA) is 89.7 Å². The number of hydrogen-bond acceptors (Lipinski definition) is 7. The summed E-state index contributed by atoms with van der Waals surface area (Å²) < 4.78 is 17.0. The monoisotopic (exact) mass is 538 g/mol. The maximum Gasteiger partial charge on any atom is 0.305 e. The van der Waals surface area contributed by atoms with E-state index in [0.29, 0.717) is 40.9 Å². The van der Waals surface area contributed by atoms with E-state index in [1.807, 2.05) is 24.8 Å². The van der Waals surface area contributed by atoms with E-state index in [4.69, 9.17) is 14.2 Å². The Morgan fingerprint density at radius 3 is 2.68 bits per heavy atom. The first-order valence-corrected chi connectivity index (χ1v) is 14.5. The lowest BCUT2D eigenvalue weighted by Crippen LogP contribution is -2.33. The number of nitrogens with one attached hydrogen (secondary N) is 2. The van der Waals surface area contributed by atoms with Gasteiger partial charge in [-0.3, -0.25) is 9.59 Å². The van der Waals surface area contributed by atoms with Crippen LogP contribution in [0.15, 0.2) is 52.3 Å². The molecule has 7 nitrogen and oxygen atoms in total. The van der Waals surface area contributed by atoms with Gasteiger partial charge in [0.2, 0.25) is 0 Å². The molecular weight excluding hydrogens is 508 g/mol. The summed E-state index contributed by atoms with van der Waals surface area (Å²) >= 11 is 3.23. The van der Waals surface area contributed by atoms with E-state index >= 15 is 0 Å². The molecule has 37 heavy (non-hydrogen) atoms. The van der Waals surface area contributed by atoms with E-state index < -0.39 is 0 Å². The summed E-state index contributed by atoms with van der Waals surface area (Å²) in [6.45, 7) is 2.29. The Bertz CT molecular complexity index is 1350. The van der Waals surface area contributed by atoms with Crippen molar-refractivity contribution in [3.05, 3.63) is 62.6 Å². The van der Waals surface area contributed by atoms with E-state index in [0.717, 1.165) is 27.1 Å². The van der Waals surface area contributed by atoms with Gasteiger partial charge in [0.25, 0.3) is 5.91 Å². The first kappa shape index (κ1) is 24.4. The highest BCUT2D eigenvalue weighted by Crippen LogP contribution is 2.63. The standard InChI is InChI=1S/C28H30N2O5S2/c1-3-34-21-13-16(6-11-20(21)35-14-22(31)29-18-7-9-19(33-2)10-8-18)24-23-15-4-5-17(12-15)25(23)36-27-26(24)37-28(32)30-27/h6-11,13,15,17,23-25H,3-5,12,14H2,1-2H3,(H,29,31)(H,30,32)/t15?,17?,23?,24-,25?/m1/s1. The van der Waals surface area contributed by atoms with Gasteiger partial charge >= 0.3 is 4.87 Å². The van der Waals surface area contributed by atoms with Crippen LogP contribution in [0.2, 0.25) is 0 Å². The third-order valence-corrected chi connectivity index (χ3v) is 10.4. The molecule has 5 atom stereocenters. The molecule has 4 unspecified atom stereocenters. The fourth-order valence-corrected chi connectivity index (χ4v) is 9.24. The number of ether oxygens (including phenoxy) is 3. The highest BCUT2D eigenvalue weighted by molar-refractivity contribution is 8.00. The minimum atomic E-state index is -0.257. The van der Waals surface area contributed by atoms with Crippen LogP contribution in [-0.2, 0) is 4.79 Å². The molecular formula is C28H30N2O5S2. The fourth-order valence-electron chi connectivity index (χ4n) is 6.34. The van der Waals surface area contributed by atoms with E-state index in [9.17, 15) is 9.59 Å². The zero-order valence-electron chi connectivity index (χ0n) is 20.8. The summed E-state index contributed by atoms with van der Waals surface area (Å²) in [6, 6.07) is 13.2. The van der Waals surface area contributed by atoms with E-state index in [1.165, 1.54) is 30.6 Å². The quantitative estimate of drug-likeness (QED) is 0.393. The van der Waals surface area contributed by atoms with Crippen LogP contribution in [0.4, 0.5) is 5.69 Å². The van der Waals surface area contributed by atoms with Crippen LogP contribution in [0.25, 0.3) is 0 Å². The van der Waals surface area contributed by atoms with Crippen molar-refractivity contribution in [3.63, 3.8) is 0 Å². The number of H-pyrrole nitrogens is 1. The van der Waals surface area contributed by atoms with Gasteiger partial charge in [0.1, 0.15) is 5.75 Å². The van der Waals surface area contributed by atoms with Crippen molar-refractivity contribution in [2.75, 3.05) is 25.6 Å². The molecule has 0 saturated heterocycles. The number of benzene rings is 2. The van der Waals surface area contributed by atoms with Crippen LogP contribution in [0.1, 0.15) is 42.5 Å². The second-order valence-electron chi connectivity index (χ2n) is 9.88. The first-order valence-electron chi connectivity index (χ1n) is 12.8. The van der Waals surface area contributed by atoms with Crippen molar-refractivity contribution in [3.8, 4) is 17.2 Å². The van der Waals surface area contributed by atoms with Crippen LogP contribution < -0.4 is 24.4 Å². The Kier molecular flexibility index (Phi) is 6.67. The van der Waals surface area contributed by atoms with Gasteiger partial charge in [-0.15, -0.1) is 11.8 Å². The van der Waals surface area contributed by atoms with Crippen molar-refractivity contribution in [2.24, 2.45) is 17.8 Å². The van der Waals surface area contributed by atoms with Gasteiger partial charge in [0, 0.05) is 21.7 Å². The lowest BCUT2D eigenvalue weighted by atomic mass is 9.75. The van der Waals surface area contributed by atoms with E-state index in [2.05, 4.69) is 22.4 Å². The maximum atomic E-state index is 12.5. The Labute approximate surface area is 223 Å². The molecule has 1 amide bonds. The SMILES string of the molecule is CCOc1cc([C@H]2c3sc(=O)[nH]c3SC3C4CCC(C4)C32)ccc1OCC(=O)Nc1ccc(OC)cc1. The molecule has 2 heterocycles. The molecule has 194 valence electrons. The summed E-state index contributed by atoms with van der Waals surface area (Å²) in [5, 5.41) is 4.43. The van der Waals surface area contributed by atoms with Gasteiger partial charge in [-0.05, 0) is 85.9 Å². The number of anilines is 1. The average Bonchev–Trinajstić information content (AvgIpc) is 3.61. The molecule has 2 fully saturated rings. The highest BCUT2D eigenvalue weighted by Gasteiger charge is 2.54. The number of fused-ring (bicyclic) bond motifs is 6. The minimum Gasteiger partial charge on any atom is -0.497 e. The highest BCUT2D eigenvalue weighted by atomic mass is 32.2. The number of carbonyl (C=O) groups excluding carboxylic acids is 1. The van der Waals surface area contributed by atoms with Gasteiger partial charge in [-0.25, -0.2) is 0 Å². The van der Waals surface area contributed by atoms with Crippen molar-refractivity contribution < 1.29 is 19.0 Å². The van der Waals surface area contributed by atoms with Crippen molar-refractivity contribution >= 4 is 34.7 Å². The summed E-state index contributed by atoms with van der Waals surface area (Å²) in [5.41, 5.74) is 1.82. The number of amides is 1. The molecule has 2 aromatic carbocycles. The van der Waals surface area contributed by atoms with Gasteiger partial charge < -0.3 is 24.5 Å². The number of hydrogen-bond donors (Lipinski definition) is 2. The van der Waals surface area contributed by atoms with Crippen LogP contribution in [0, 0.1) is 17.8 Å². The van der Waals surface area contributed by atoms with Gasteiger partial charge in [0.15, 0.2) is 18.1 Å². The number of carbonyl (C=O) groups is 1. The molecule has 2 bridgehead atoms. The number of aromatic amines is 1. The molecule has 1 aromatic heterocycles. The maximum absolute atomic E-state index is 12.5. The Morgan fingerprint density at radius 2 is 1.89 bits per heavy atom. The summed E-state index contributed by atoms with van der Waals surface area (Å²) in [5.74, 6) is 3.76. The number of methoxy groups -OCH3 is 1. The number of thioether (sulfide) groups is 1. The van der Waals surface area contributed by atoms with Crippen molar-refractivity contribution in [1.29, 1.82) is 0 Å². The lowest BCUT2D eigenvalue weighted by Gasteiger charge is -2.40. The fraction of sp³-hybridized carbons (Fsp3) is 0.429. The molecule has 6 rings (SSSR count). The van der Waals surface area contributed by atoms with E-state index in [-0.39, 0.29) is 23.3 Å². The normalized spacial score (nSPS) is 25.3. The average molecular weight is 539 g/mol. The van der Waals surface area contributed by atoms with Crippen LogP contribution in [0.3, 0.4) is 0 Å². The summed E-state index contributed by atoms with van der Waals surface area (Å²) in [7, 11) is 1.60. The Morgan fingerprint density at radius 1 is 1.08 bits per heavy atom. The predicted molar refractivity (Wildman–Crippen MR) is 145 cm³/mol. The van der Waals surface area contributed by atoms with Gasteiger partial charge in [-0.1, -0.05) is 17.4 Å². The molecule has 2 saturated carbocycles. The van der Waals surface area contributed by atoms with Crippen LogP contribution >= 0.6 is 23.1 Å². The molecule has 1 aliphatic heterocycles. The summed E-state index contributed by atoms with van der Waals surface area (Å²) in [6.07, 6.45) is 3.87. The number of rotatable bonds is 8. The second kappa shape index (κ2) is 10.1. The second-order valence-corrected chi connectivity index (χ2v) is 12.1.